The quantitative estimate of drug-likeness (QED) is 0.899. The molecule has 0 bridgehead atoms. The summed E-state index contributed by atoms with van der Waals surface area (Å²) in [5.41, 5.74) is 2.03. The monoisotopic (exact) mass is 296 g/mol. The lowest BCUT2D eigenvalue weighted by Gasteiger charge is -2.07. The van der Waals surface area contributed by atoms with Crippen molar-refractivity contribution >= 4 is 32.2 Å². The maximum atomic E-state index is 12.2. The Morgan fingerprint density at radius 1 is 1.37 bits per heavy atom. The van der Waals surface area contributed by atoms with Gasteiger partial charge in [0.25, 0.3) is 10.0 Å². The molecule has 3 rings (SSSR count). The normalized spacial score (nSPS) is 13.9. The molecule has 19 heavy (non-hydrogen) atoms. The fourth-order valence-electron chi connectivity index (χ4n) is 1.95. The number of rotatable bonds is 3. The Morgan fingerprint density at radius 2 is 2.21 bits per heavy atom. The van der Waals surface area contributed by atoms with E-state index in [1.54, 1.807) is 19.1 Å². The highest BCUT2D eigenvalue weighted by atomic mass is 32.2. The van der Waals surface area contributed by atoms with Gasteiger partial charge in [-0.25, -0.2) is 8.42 Å². The smallest absolute Gasteiger partial charge is 0.263 e. The third kappa shape index (κ3) is 2.41. The lowest BCUT2D eigenvalue weighted by Crippen LogP contribution is -2.13. The van der Waals surface area contributed by atoms with Crippen LogP contribution in [0.2, 0.25) is 0 Å². The van der Waals surface area contributed by atoms with Crippen LogP contribution in [0, 0.1) is 6.92 Å². The van der Waals surface area contributed by atoms with Crippen LogP contribution in [-0.2, 0) is 16.4 Å². The Kier molecular flexibility index (Phi) is 2.90. The third-order valence-electron chi connectivity index (χ3n) is 2.85. The van der Waals surface area contributed by atoms with Gasteiger partial charge in [-0.2, -0.15) is 0 Å². The zero-order valence-electron chi connectivity index (χ0n) is 10.2. The van der Waals surface area contributed by atoms with E-state index in [1.165, 1.54) is 11.3 Å². The van der Waals surface area contributed by atoms with Crippen molar-refractivity contribution in [3.63, 3.8) is 0 Å². The Hall–Kier alpha value is -1.67. The number of sulfonamides is 1. The highest BCUT2D eigenvalue weighted by molar-refractivity contribution is 7.93. The van der Waals surface area contributed by atoms with Crippen molar-refractivity contribution in [1.82, 2.24) is 10.2 Å². The molecule has 0 atom stereocenters. The zero-order valence-corrected chi connectivity index (χ0v) is 11.8. The van der Waals surface area contributed by atoms with Gasteiger partial charge in [0.15, 0.2) is 0 Å². The first kappa shape index (κ1) is 12.4. The Bertz CT molecular complexity index is 724. The van der Waals surface area contributed by atoms with E-state index in [1.807, 2.05) is 6.07 Å². The van der Waals surface area contributed by atoms with E-state index in [2.05, 4.69) is 20.2 Å². The molecule has 2 N–H and O–H groups in total. The summed E-state index contributed by atoms with van der Waals surface area (Å²) in [5, 5.41) is 11.7. The molecule has 2 heterocycles. The summed E-state index contributed by atoms with van der Waals surface area (Å²) in [6.07, 6.45) is 0.929. The van der Waals surface area contributed by atoms with Crippen molar-refractivity contribution < 1.29 is 8.42 Å². The van der Waals surface area contributed by atoms with Gasteiger partial charge in [0.2, 0.25) is 5.13 Å². The molecule has 0 unspecified atom stereocenters. The minimum atomic E-state index is -3.60. The SMILES string of the molecule is Cc1nnc(NS(=O)(=O)c2ccc3c(c2)NCC3)s1. The second-order valence-electron chi connectivity index (χ2n) is 4.23. The van der Waals surface area contributed by atoms with E-state index < -0.39 is 10.0 Å². The molecule has 1 aromatic carbocycles. The number of anilines is 2. The van der Waals surface area contributed by atoms with Gasteiger partial charge >= 0.3 is 0 Å². The van der Waals surface area contributed by atoms with Crippen LogP contribution in [0.1, 0.15) is 10.6 Å². The molecule has 1 aliphatic rings. The molecule has 0 spiro atoms. The average molecular weight is 296 g/mol. The molecule has 1 aliphatic heterocycles. The summed E-state index contributed by atoms with van der Waals surface area (Å²) in [6.45, 7) is 2.62. The number of aryl methyl sites for hydroxylation is 1. The largest absolute Gasteiger partial charge is 0.384 e. The van der Waals surface area contributed by atoms with E-state index in [0.29, 0.717) is 5.01 Å². The minimum Gasteiger partial charge on any atom is -0.384 e. The molecule has 6 nitrogen and oxygen atoms in total. The van der Waals surface area contributed by atoms with E-state index in [-0.39, 0.29) is 10.0 Å². The van der Waals surface area contributed by atoms with Crippen LogP contribution in [0.15, 0.2) is 23.1 Å². The second-order valence-corrected chi connectivity index (χ2v) is 7.09. The number of hydrogen-bond donors (Lipinski definition) is 2. The van der Waals surface area contributed by atoms with Gasteiger partial charge in [-0.05, 0) is 31.0 Å². The molecule has 0 amide bonds. The van der Waals surface area contributed by atoms with Gasteiger partial charge in [-0.15, -0.1) is 10.2 Å². The second kappa shape index (κ2) is 4.46. The number of fused-ring (bicyclic) bond motifs is 1. The first-order chi connectivity index (χ1) is 9.04. The Labute approximate surface area is 114 Å². The number of aromatic nitrogens is 2. The summed E-state index contributed by atoms with van der Waals surface area (Å²) in [6, 6.07) is 5.11. The maximum Gasteiger partial charge on any atom is 0.263 e. The van der Waals surface area contributed by atoms with E-state index in [9.17, 15) is 8.42 Å². The van der Waals surface area contributed by atoms with Gasteiger partial charge in [-0.3, -0.25) is 4.72 Å². The number of benzene rings is 1. The Morgan fingerprint density at radius 3 is 2.95 bits per heavy atom. The molecule has 0 saturated carbocycles. The van der Waals surface area contributed by atoms with E-state index in [0.717, 1.165) is 24.2 Å². The predicted octanol–water partition coefficient (Wildman–Crippen LogP) is 1.62. The van der Waals surface area contributed by atoms with Gasteiger partial charge in [0.05, 0.1) is 4.90 Å². The topological polar surface area (TPSA) is 84.0 Å². The Balaban J connectivity index is 1.92. The van der Waals surface area contributed by atoms with Gasteiger partial charge in [0, 0.05) is 12.2 Å². The van der Waals surface area contributed by atoms with E-state index >= 15 is 0 Å². The fraction of sp³-hybridized carbons (Fsp3) is 0.273. The van der Waals surface area contributed by atoms with Crippen molar-refractivity contribution in [3.8, 4) is 0 Å². The first-order valence-electron chi connectivity index (χ1n) is 5.74. The lowest BCUT2D eigenvalue weighted by molar-refractivity contribution is 0.601. The van der Waals surface area contributed by atoms with Crippen molar-refractivity contribution in [3.05, 3.63) is 28.8 Å². The van der Waals surface area contributed by atoms with Crippen molar-refractivity contribution in [2.75, 3.05) is 16.6 Å². The van der Waals surface area contributed by atoms with Gasteiger partial charge in [0.1, 0.15) is 5.01 Å². The molecule has 0 saturated heterocycles. The van der Waals surface area contributed by atoms with Crippen LogP contribution in [0.3, 0.4) is 0 Å². The molecular formula is C11H12N4O2S2. The first-order valence-corrected chi connectivity index (χ1v) is 8.04. The lowest BCUT2D eigenvalue weighted by atomic mass is 10.2. The summed E-state index contributed by atoms with van der Waals surface area (Å²) >= 11 is 1.21. The molecule has 8 heteroatoms. The van der Waals surface area contributed by atoms with Crippen molar-refractivity contribution in [2.24, 2.45) is 0 Å². The summed E-state index contributed by atoms with van der Waals surface area (Å²) in [5.74, 6) is 0. The average Bonchev–Trinajstić information content (AvgIpc) is 2.96. The minimum absolute atomic E-state index is 0.230. The van der Waals surface area contributed by atoms with Crippen LogP contribution in [0.25, 0.3) is 0 Å². The fourth-order valence-corrected chi connectivity index (χ4v) is 3.80. The van der Waals surface area contributed by atoms with Gasteiger partial charge in [-0.1, -0.05) is 17.4 Å². The van der Waals surface area contributed by atoms with Crippen LogP contribution >= 0.6 is 11.3 Å². The van der Waals surface area contributed by atoms with Crippen LogP contribution in [-0.4, -0.2) is 25.2 Å². The maximum absolute atomic E-state index is 12.2. The highest BCUT2D eigenvalue weighted by Gasteiger charge is 2.19. The molecule has 1 aromatic heterocycles. The number of nitrogens with one attached hydrogen (secondary N) is 2. The predicted molar refractivity (Wildman–Crippen MR) is 74.1 cm³/mol. The molecule has 0 fully saturated rings. The molecule has 0 radical (unpaired) electrons. The van der Waals surface area contributed by atoms with Crippen molar-refractivity contribution in [2.45, 2.75) is 18.2 Å². The number of hydrogen-bond acceptors (Lipinski definition) is 6. The summed E-state index contributed by atoms with van der Waals surface area (Å²) < 4.78 is 26.9. The molecule has 0 aliphatic carbocycles. The van der Waals surface area contributed by atoms with Crippen LogP contribution in [0.4, 0.5) is 10.8 Å². The van der Waals surface area contributed by atoms with Crippen LogP contribution < -0.4 is 10.0 Å². The standard InChI is InChI=1S/C11H12N4O2S2/c1-7-13-14-11(18-7)15-19(16,17)9-3-2-8-4-5-12-10(8)6-9/h2-3,6,12H,4-5H2,1H3,(H,14,15). The number of nitrogens with zero attached hydrogens (tertiary/aromatic N) is 2. The highest BCUT2D eigenvalue weighted by Crippen LogP contribution is 2.26. The van der Waals surface area contributed by atoms with Crippen molar-refractivity contribution in [1.29, 1.82) is 0 Å². The van der Waals surface area contributed by atoms with Crippen LogP contribution in [0.5, 0.6) is 0 Å². The summed E-state index contributed by atoms with van der Waals surface area (Å²) in [4.78, 5) is 0.230. The van der Waals surface area contributed by atoms with Gasteiger partial charge < -0.3 is 5.32 Å². The summed E-state index contributed by atoms with van der Waals surface area (Å²) in [7, 11) is -3.60. The third-order valence-corrected chi connectivity index (χ3v) is 5.07. The molecule has 100 valence electrons. The zero-order chi connectivity index (χ0) is 13.5. The van der Waals surface area contributed by atoms with E-state index in [4.69, 9.17) is 0 Å². The molecular weight excluding hydrogens is 284 g/mol. The molecule has 2 aromatic rings.